The smallest absolute Gasteiger partial charge is 0.335 e. The monoisotopic (exact) mass is 455 g/mol. The molecule has 11 heteroatoms. The quantitative estimate of drug-likeness (QED) is 0.419. The van der Waals surface area contributed by atoms with E-state index >= 15 is 0 Å². The maximum Gasteiger partial charge on any atom is 0.335 e. The van der Waals surface area contributed by atoms with Crippen molar-refractivity contribution in [1.82, 2.24) is 14.8 Å². The lowest BCUT2D eigenvalue weighted by atomic mass is 10.2. The molecule has 0 radical (unpaired) electrons. The summed E-state index contributed by atoms with van der Waals surface area (Å²) in [5.74, 6) is -0.457. The van der Waals surface area contributed by atoms with Crippen LogP contribution < -0.4 is 15.4 Å². The Kier molecular flexibility index (Phi) is 7.45. The van der Waals surface area contributed by atoms with Crippen molar-refractivity contribution in [3.05, 3.63) is 59.9 Å². The van der Waals surface area contributed by atoms with Crippen LogP contribution in [-0.4, -0.2) is 50.5 Å². The summed E-state index contributed by atoms with van der Waals surface area (Å²) in [6.45, 7) is 0. The normalized spacial score (nSPS) is 10.4. The van der Waals surface area contributed by atoms with E-state index in [2.05, 4.69) is 20.8 Å². The fourth-order valence-corrected chi connectivity index (χ4v) is 3.43. The van der Waals surface area contributed by atoms with Crippen molar-refractivity contribution in [1.29, 1.82) is 0 Å². The number of carboxylic acids is 1. The molecule has 1 heterocycles. The zero-order valence-corrected chi connectivity index (χ0v) is 18.2. The van der Waals surface area contributed by atoms with Gasteiger partial charge in [0.25, 0.3) is 0 Å². The standard InChI is InChI=1S/C21H21N5O5S/c1-26-17(11-18(27)22-14-6-8-16(31-2)9-7-14)24-25-21(26)32-12-19(28)23-15-5-3-4-13(10-15)20(29)30/h3-10H,11-12H2,1-2H3,(H,22,27)(H,23,28)(H,29,30). The molecule has 0 fully saturated rings. The highest BCUT2D eigenvalue weighted by Gasteiger charge is 2.15. The van der Waals surface area contributed by atoms with Crippen LogP contribution >= 0.6 is 11.8 Å². The Bertz CT molecular complexity index is 1130. The summed E-state index contributed by atoms with van der Waals surface area (Å²) >= 11 is 1.16. The van der Waals surface area contributed by atoms with Gasteiger partial charge in [-0.1, -0.05) is 17.8 Å². The maximum absolute atomic E-state index is 12.3. The summed E-state index contributed by atoms with van der Waals surface area (Å²) in [7, 11) is 3.28. The number of benzene rings is 2. The molecule has 0 atom stereocenters. The molecule has 3 aromatic rings. The molecule has 0 aliphatic heterocycles. The highest BCUT2D eigenvalue weighted by Crippen LogP contribution is 2.18. The number of hydrogen-bond donors (Lipinski definition) is 3. The number of carboxylic acid groups (broad SMARTS) is 1. The molecule has 166 valence electrons. The van der Waals surface area contributed by atoms with Gasteiger partial charge in [0.1, 0.15) is 11.6 Å². The first-order chi connectivity index (χ1) is 15.4. The number of aromatic nitrogens is 3. The molecule has 3 rings (SSSR count). The van der Waals surface area contributed by atoms with Crippen molar-refractivity contribution >= 4 is 40.9 Å². The lowest BCUT2D eigenvalue weighted by Gasteiger charge is -2.07. The summed E-state index contributed by atoms with van der Waals surface area (Å²) < 4.78 is 6.74. The third-order valence-corrected chi connectivity index (χ3v) is 5.36. The van der Waals surface area contributed by atoms with Gasteiger partial charge in [0.15, 0.2) is 5.16 Å². The first-order valence-corrected chi connectivity index (χ1v) is 10.4. The topological polar surface area (TPSA) is 135 Å². The third kappa shape index (κ3) is 6.08. The lowest BCUT2D eigenvalue weighted by Crippen LogP contribution is -2.17. The van der Waals surface area contributed by atoms with E-state index in [4.69, 9.17) is 9.84 Å². The molecule has 2 amide bonds. The first-order valence-electron chi connectivity index (χ1n) is 9.44. The molecule has 1 aromatic heterocycles. The van der Waals surface area contributed by atoms with Crippen molar-refractivity contribution in [2.24, 2.45) is 7.05 Å². The molecule has 32 heavy (non-hydrogen) atoms. The zero-order valence-electron chi connectivity index (χ0n) is 17.4. The van der Waals surface area contributed by atoms with Crippen molar-refractivity contribution in [2.45, 2.75) is 11.6 Å². The van der Waals surface area contributed by atoms with E-state index in [0.717, 1.165) is 11.8 Å². The minimum absolute atomic E-state index is 0.0181. The molecule has 0 aliphatic rings. The van der Waals surface area contributed by atoms with Crippen LogP contribution in [0.4, 0.5) is 11.4 Å². The summed E-state index contributed by atoms with van der Waals surface area (Å²) in [5, 5.41) is 23.0. The molecule has 0 aliphatic carbocycles. The van der Waals surface area contributed by atoms with Gasteiger partial charge in [-0.2, -0.15) is 0 Å². The second kappa shape index (κ2) is 10.4. The number of amides is 2. The molecule has 3 N–H and O–H groups in total. The highest BCUT2D eigenvalue weighted by atomic mass is 32.2. The molecule has 0 bridgehead atoms. The maximum atomic E-state index is 12.3. The number of nitrogens with one attached hydrogen (secondary N) is 2. The number of ether oxygens (including phenoxy) is 1. The largest absolute Gasteiger partial charge is 0.497 e. The Morgan fingerprint density at radius 1 is 1.03 bits per heavy atom. The minimum atomic E-state index is -1.07. The van der Waals surface area contributed by atoms with Crippen molar-refractivity contribution < 1.29 is 24.2 Å². The Labute approximate surface area is 188 Å². The van der Waals surface area contributed by atoms with Crippen LogP contribution in [0.2, 0.25) is 0 Å². The Morgan fingerprint density at radius 2 is 1.75 bits per heavy atom. The van der Waals surface area contributed by atoms with Gasteiger partial charge in [0.05, 0.1) is 24.8 Å². The van der Waals surface area contributed by atoms with E-state index in [0.29, 0.717) is 28.1 Å². The second-order valence-electron chi connectivity index (χ2n) is 6.63. The number of aromatic carboxylic acids is 1. The Morgan fingerprint density at radius 3 is 2.44 bits per heavy atom. The minimum Gasteiger partial charge on any atom is -0.497 e. The van der Waals surface area contributed by atoms with Crippen molar-refractivity contribution in [3.8, 4) is 5.75 Å². The second-order valence-corrected chi connectivity index (χ2v) is 7.58. The van der Waals surface area contributed by atoms with Gasteiger partial charge in [-0.05, 0) is 42.5 Å². The molecular formula is C21H21N5O5S. The molecule has 0 spiro atoms. The van der Waals surface area contributed by atoms with E-state index in [-0.39, 0.29) is 29.6 Å². The summed E-state index contributed by atoms with van der Waals surface area (Å²) in [5.41, 5.74) is 1.11. The average Bonchev–Trinajstić information content (AvgIpc) is 3.12. The van der Waals surface area contributed by atoms with Gasteiger partial charge in [-0.15, -0.1) is 10.2 Å². The fourth-order valence-electron chi connectivity index (χ4n) is 2.70. The first kappa shape index (κ1) is 22.8. The molecule has 0 unspecified atom stereocenters. The van der Waals surface area contributed by atoms with E-state index in [1.165, 1.54) is 12.1 Å². The molecule has 2 aromatic carbocycles. The SMILES string of the molecule is COc1ccc(NC(=O)Cc2nnc(SCC(=O)Nc3cccc(C(=O)O)c3)n2C)cc1. The molecule has 0 saturated carbocycles. The Balaban J connectivity index is 1.52. The van der Waals surface area contributed by atoms with Gasteiger partial charge in [-0.3, -0.25) is 9.59 Å². The van der Waals surface area contributed by atoms with Gasteiger partial charge < -0.3 is 25.0 Å². The van der Waals surface area contributed by atoms with Crippen LogP contribution in [0.25, 0.3) is 0 Å². The van der Waals surface area contributed by atoms with Crippen LogP contribution in [0.5, 0.6) is 5.75 Å². The summed E-state index contributed by atoms with van der Waals surface area (Å²) in [6, 6.07) is 12.9. The number of carbonyl (C=O) groups excluding carboxylic acids is 2. The van der Waals surface area contributed by atoms with Gasteiger partial charge in [0.2, 0.25) is 11.8 Å². The van der Waals surface area contributed by atoms with Crippen LogP contribution in [0, 0.1) is 0 Å². The highest BCUT2D eigenvalue weighted by molar-refractivity contribution is 7.99. The van der Waals surface area contributed by atoms with E-state index < -0.39 is 5.97 Å². The Hall–Kier alpha value is -3.86. The predicted octanol–water partition coefficient (Wildman–Crippen LogP) is 2.43. The molecule has 0 saturated heterocycles. The lowest BCUT2D eigenvalue weighted by molar-refractivity contribution is -0.116. The van der Waals surface area contributed by atoms with Gasteiger partial charge in [0, 0.05) is 18.4 Å². The molecule has 10 nitrogen and oxygen atoms in total. The number of methoxy groups -OCH3 is 1. The van der Waals surface area contributed by atoms with Crippen molar-refractivity contribution in [3.63, 3.8) is 0 Å². The summed E-state index contributed by atoms with van der Waals surface area (Å²) in [4.78, 5) is 35.5. The van der Waals surface area contributed by atoms with Gasteiger partial charge >= 0.3 is 5.97 Å². The number of hydrogen-bond acceptors (Lipinski definition) is 7. The van der Waals surface area contributed by atoms with Crippen LogP contribution in [0.3, 0.4) is 0 Å². The van der Waals surface area contributed by atoms with Crippen molar-refractivity contribution in [2.75, 3.05) is 23.5 Å². The van der Waals surface area contributed by atoms with Crippen LogP contribution in [0.15, 0.2) is 53.7 Å². The molecular weight excluding hydrogens is 434 g/mol. The number of anilines is 2. The zero-order chi connectivity index (χ0) is 23.1. The van der Waals surface area contributed by atoms with E-state index in [1.807, 2.05) is 0 Å². The fraction of sp³-hybridized carbons (Fsp3) is 0.190. The number of carbonyl (C=O) groups is 3. The van der Waals surface area contributed by atoms with Crippen LogP contribution in [-0.2, 0) is 23.1 Å². The average molecular weight is 455 g/mol. The number of rotatable bonds is 9. The van der Waals surface area contributed by atoms with E-state index in [9.17, 15) is 14.4 Å². The summed E-state index contributed by atoms with van der Waals surface area (Å²) in [6.07, 6.45) is 0.0181. The van der Waals surface area contributed by atoms with E-state index in [1.54, 1.807) is 55.1 Å². The van der Waals surface area contributed by atoms with Gasteiger partial charge in [-0.25, -0.2) is 4.79 Å². The number of nitrogens with zero attached hydrogens (tertiary/aromatic N) is 3. The predicted molar refractivity (Wildman–Crippen MR) is 119 cm³/mol. The third-order valence-electron chi connectivity index (χ3n) is 4.34. The van der Waals surface area contributed by atoms with Crippen LogP contribution in [0.1, 0.15) is 16.2 Å². The number of thioether (sulfide) groups is 1.